The molecule has 0 aliphatic carbocycles. The van der Waals surface area contributed by atoms with Crippen molar-refractivity contribution < 1.29 is 18.0 Å². The summed E-state index contributed by atoms with van der Waals surface area (Å²) in [4.78, 5) is 29.4. The summed E-state index contributed by atoms with van der Waals surface area (Å²) in [6.45, 7) is 5.47. The molecular formula is C34H35Cl2N3O4S. The second-order valence-corrected chi connectivity index (χ2v) is 13.2. The van der Waals surface area contributed by atoms with E-state index in [2.05, 4.69) is 5.32 Å². The van der Waals surface area contributed by atoms with Gasteiger partial charge in [0.25, 0.3) is 10.0 Å². The predicted octanol–water partition coefficient (Wildman–Crippen LogP) is 6.58. The van der Waals surface area contributed by atoms with E-state index in [1.54, 1.807) is 37.3 Å². The molecule has 230 valence electrons. The first kappa shape index (κ1) is 33.1. The van der Waals surface area contributed by atoms with Crippen molar-refractivity contribution in [2.75, 3.05) is 17.4 Å². The number of carbonyl (C=O) groups excluding carboxylic acids is 2. The Morgan fingerprint density at radius 1 is 0.795 bits per heavy atom. The Hall–Kier alpha value is -3.85. The van der Waals surface area contributed by atoms with Crippen molar-refractivity contribution >= 4 is 50.7 Å². The van der Waals surface area contributed by atoms with Gasteiger partial charge in [-0.3, -0.25) is 13.9 Å². The molecule has 4 aromatic carbocycles. The number of benzene rings is 4. The quantitative estimate of drug-likeness (QED) is 0.187. The number of rotatable bonds is 12. The van der Waals surface area contributed by atoms with E-state index in [9.17, 15) is 18.0 Å². The van der Waals surface area contributed by atoms with E-state index in [1.165, 1.54) is 29.2 Å². The maximum absolute atomic E-state index is 14.4. The van der Waals surface area contributed by atoms with Gasteiger partial charge in [-0.05, 0) is 91.6 Å². The molecule has 0 aromatic heterocycles. The molecule has 0 aliphatic heterocycles. The van der Waals surface area contributed by atoms with E-state index in [0.717, 1.165) is 21.0 Å². The molecular weight excluding hydrogens is 617 g/mol. The van der Waals surface area contributed by atoms with Crippen LogP contribution in [0.5, 0.6) is 0 Å². The lowest BCUT2D eigenvalue weighted by atomic mass is 10.0. The van der Waals surface area contributed by atoms with Gasteiger partial charge in [0.15, 0.2) is 0 Å². The lowest BCUT2D eigenvalue weighted by Gasteiger charge is -2.34. The van der Waals surface area contributed by atoms with E-state index >= 15 is 0 Å². The minimum Gasteiger partial charge on any atom is -0.355 e. The van der Waals surface area contributed by atoms with Crippen LogP contribution in [0, 0.1) is 13.8 Å². The van der Waals surface area contributed by atoms with Crippen molar-refractivity contribution in [3.8, 4) is 0 Å². The normalized spacial score (nSPS) is 11.9. The number of aryl methyl sites for hydroxylation is 2. The van der Waals surface area contributed by atoms with Crippen molar-refractivity contribution in [1.82, 2.24) is 10.2 Å². The zero-order valence-electron chi connectivity index (χ0n) is 24.8. The fraction of sp³-hybridized carbons (Fsp3) is 0.235. The molecule has 0 spiro atoms. The molecule has 2 amide bonds. The van der Waals surface area contributed by atoms with Gasteiger partial charge < -0.3 is 10.2 Å². The number of carbonyl (C=O) groups is 2. The van der Waals surface area contributed by atoms with Gasteiger partial charge >= 0.3 is 0 Å². The molecule has 0 bridgehead atoms. The van der Waals surface area contributed by atoms with Gasteiger partial charge in [0.1, 0.15) is 12.6 Å². The van der Waals surface area contributed by atoms with Crippen LogP contribution in [-0.2, 0) is 32.6 Å². The van der Waals surface area contributed by atoms with Crippen molar-refractivity contribution in [2.45, 2.75) is 44.7 Å². The van der Waals surface area contributed by atoms with Gasteiger partial charge in [0, 0.05) is 29.6 Å². The van der Waals surface area contributed by atoms with Gasteiger partial charge in [-0.2, -0.15) is 0 Å². The van der Waals surface area contributed by atoms with E-state index in [-0.39, 0.29) is 23.8 Å². The number of nitrogens with zero attached hydrogens (tertiary/aromatic N) is 2. The summed E-state index contributed by atoms with van der Waals surface area (Å²) in [5.41, 5.74) is 3.73. The minimum atomic E-state index is -4.22. The van der Waals surface area contributed by atoms with Gasteiger partial charge in [0.05, 0.1) is 10.6 Å². The first-order valence-corrected chi connectivity index (χ1v) is 16.4. The number of halogens is 2. The van der Waals surface area contributed by atoms with Gasteiger partial charge in [0.2, 0.25) is 11.8 Å². The third-order valence-electron chi connectivity index (χ3n) is 7.32. The molecule has 4 aromatic rings. The van der Waals surface area contributed by atoms with E-state index in [1.807, 2.05) is 56.3 Å². The average molecular weight is 653 g/mol. The second-order valence-electron chi connectivity index (χ2n) is 10.5. The summed E-state index contributed by atoms with van der Waals surface area (Å²) in [6.07, 6.45) is 0.229. The highest BCUT2D eigenvalue weighted by molar-refractivity contribution is 7.92. The average Bonchev–Trinajstić information content (AvgIpc) is 3.00. The van der Waals surface area contributed by atoms with Crippen molar-refractivity contribution in [1.29, 1.82) is 0 Å². The Balaban J connectivity index is 1.81. The Morgan fingerprint density at radius 2 is 1.48 bits per heavy atom. The molecule has 0 aliphatic rings. The maximum Gasteiger partial charge on any atom is 0.264 e. The molecule has 1 N–H and O–H groups in total. The Bertz CT molecular complexity index is 1710. The summed E-state index contributed by atoms with van der Waals surface area (Å²) < 4.78 is 29.3. The zero-order chi connectivity index (χ0) is 31.9. The fourth-order valence-electron chi connectivity index (χ4n) is 4.82. The number of sulfonamides is 1. The summed E-state index contributed by atoms with van der Waals surface area (Å²) in [7, 11) is -4.22. The number of hydrogen-bond acceptors (Lipinski definition) is 4. The van der Waals surface area contributed by atoms with Crippen LogP contribution in [0.15, 0.2) is 102 Å². The van der Waals surface area contributed by atoms with Crippen molar-refractivity contribution in [3.63, 3.8) is 0 Å². The van der Waals surface area contributed by atoms with E-state index in [0.29, 0.717) is 27.8 Å². The van der Waals surface area contributed by atoms with Crippen LogP contribution in [0.1, 0.15) is 29.2 Å². The molecule has 1 unspecified atom stereocenters. The number of nitrogens with one attached hydrogen (secondary N) is 1. The van der Waals surface area contributed by atoms with Crippen LogP contribution in [0.4, 0.5) is 5.69 Å². The van der Waals surface area contributed by atoms with Crippen molar-refractivity contribution in [2.24, 2.45) is 0 Å². The standard InChI is InChI=1S/C34H35Cl2N3O4S/c1-4-37-34(41)32(21-26-9-6-5-7-10-26)38(22-27-11-8-12-29(36)20-27)33(40)23-39(30-16-13-24(2)25(3)19-30)44(42,43)31-17-14-28(35)15-18-31/h5-20,32H,4,21-23H2,1-3H3,(H,37,41). The molecule has 7 nitrogen and oxygen atoms in total. The van der Waals surface area contributed by atoms with E-state index in [4.69, 9.17) is 23.2 Å². The zero-order valence-corrected chi connectivity index (χ0v) is 27.2. The van der Waals surface area contributed by atoms with Crippen LogP contribution < -0.4 is 9.62 Å². The predicted molar refractivity (Wildman–Crippen MR) is 177 cm³/mol. The third kappa shape index (κ3) is 8.20. The molecule has 0 saturated heterocycles. The lowest BCUT2D eigenvalue weighted by Crippen LogP contribution is -2.53. The number of amides is 2. The molecule has 0 radical (unpaired) electrons. The summed E-state index contributed by atoms with van der Waals surface area (Å²) in [6, 6.07) is 26.5. The van der Waals surface area contributed by atoms with Crippen LogP contribution >= 0.6 is 23.2 Å². The topological polar surface area (TPSA) is 86.8 Å². The smallest absolute Gasteiger partial charge is 0.264 e. The Morgan fingerprint density at radius 3 is 2.11 bits per heavy atom. The molecule has 44 heavy (non-hydrogen) atoms. The monoisotopic (exact) mass is 651 g/mol. The fourth-order valence-corrected chi connectivity index (χ4v) is 6.57. The third-order valence-corrected chi connectivity index (χ3v) is 9.60. The Kier molecular flexibility index (Phi) is 11.1. The SMILES string of the molecule is CCNC(=O)C(Cc1ccccc1)N(Cc1cccc(Cl)c1)C(=O)CN(c1ccc(C)c(C)c1)S(=O)(=O)c1ccc(Cl)cc1. The van der Waals surface area contributed by atoms with Crippen LogP contribution in [0.2, 0.25) is 10.0 Å². The highest BCUT2D eigenvalue weighted by atomic mass is 35.5. The first-order chi connectivity index (χ1) is 21.0. The number of hydrogen-bond donors (Lipinski definition) is 1. The molecule has 4 rings (SSSR count). The summed E-state index contributed by atoms with van der Waals surface area (Å²) >= 11 is 12.3. The van der Waals surface area contributed by atoms with Gasteiger partial charge in [-0.15, -0.1) is 0 Å². The molecule has 1 atom stereocenters. The highest BCUT2D eigenvalue weighted by Crippen LogP contribution is 2.28. The summed E-state index contributed by atoms with van der Waals surface area (Å²) in [5, 5.41) is 3.72. The highest BCUT2D eigenvalue weighted by Gasteiger charge is 2.34. The molecule has 0 fully saturated rings. The first-order valence-electron chi connectivity index (χ1n) is 14.2. The van der Waals surface area contributed by atoms with Crippen LogP contribution in [0.3, 0.4) is 0 Å². The van der Waals surface area contributed by atoms with Gasteiger partial charge in [-0.25, -0.2) is 8.42 Å². The molecule has 10 heteroatoms. The molecule has 0 saturated carbocycles. The largest absolute Gasteiger partial charge is 0.355 e. The second kappa shape index (κ2) is 14.8. The Labute approximate surface area is 269 Å². The number of anilines is 1. The summed E-state index contributed by atoms with van der Waals surface area (Å²) in [5.74, 6) is -0.891. The van der Waals surface area contributed by atoms with Crippen LogP contribution in [-0.4, -0.2) is 44.3 Å². The van der Waals surface area contributed by atoms with Crippen molar-refractivity contribution in [3.05, 3.63) is 129 Å². The number of likely N-dealkylation sites (N-methyl/N-ethyl adjacent to an activating group) is 1. The van der Waals surface area contributed by atoms with Crippen LogP contribution in [0.25, 0.3) is 0 Å². The maximum atomic E-state index is 14.4. The lowest BCUT2D eigenvalue weighted by molar-refractivity contribution is -0.140. The minimum absolute atomic E-state index is 0.0149. The van der Waals surface area contributed by atoms with E-state index < -0.39 is 28.5 Å². The molecule has 0 heterocycles. The van der Waals surface area contributed by atoms with Gasteiger partial charge in [-0.1, -0.05) is 71.7 Å².